The number of aliphatic hydroxyl groups excluding tert-OH is 1. The predicted octanol–water partition coefficient (Wildman–Crippen LogP) is 1.22. The Bertz CT molecular complexity index is 490. The molecule has 110 valence electrons. The van der Waals surface area contributed by atoms with Crippen LogP contribution >= 0.6 is 0 Å². The largest absolute Gasteiger partial charge is 0.399 e. The van der Waals surface area contributed by atoms with Crippen molar-refractivity contribution in [3.05, 3.63) is 23.8 Å². The van der Waals surface area contributed by atoms with Gasteiger partial charge in [0.1, 0.15) is 0 Å². The molecule has 20 heavy (non-hydrogen) atoms. The number of nitrogen functional groups attached to an aromatic ring is 1. The molecule has 2 rings (SSSR count). The van der Waals surface area contributed by atoms with E-state index in [-0.39, 0.29) is 12.0 Å². The number of aliphatic hydroxyl groups is 1. The average Bonchev–Trinajstić information content (AvgIpc) is 2.37. The average molecular weight is 277 g/mol. The summed E-state index contributed by atoms with van der Waals surface area (Å²) in [6.45, 7) is 5.69. The highest BCUT2D eigenvalue weighted by molar-refractivity contribution is 5.93. The second kappa shape index (κ2) is 6.24. The zero-order valence-corrected chi connectivity index (χ0v) is 12.1. The van der Waals surface area contributed by atoms with Crippen LogP contribution in [0.3, 0.4) is 0 Å². The zero-order valence-electron chi connectivity index (χ0n) is 12.1. The van der Waals surface area contributed by atoms with Crippen molar-refractivity contribution in [3.63, 3.8) is 0 Å². The van der Waals surface area contributed by atoms with Gasteiger partial charge < -0.3 is 16.2 Å². The van der Waals surface area contributed by atoms with E-state index in [1.807, 2.05) is 30.9 Å². The van der Waals surface area contributed by atoms with E-state index in [1.165, 1.54) is 0 Å². The lowest BCUT2D eigenvalue weighted by atomic mass is 9.96. The first-order chi connectivity index (χ1) is 9.45. The minimum atomic E-state index is -0.338. The van der Waals surface area contributed by atoms with Gasteiger partial charge in [-0.25, -0.2) is 0 Å². The number of likely N-dealkylation sites (tertiary alicyclic amines) is 1. The van der Waals surface area contributed by atoms with Gasteiger partial charge in [-0.2, -0.15) is 0 Å². The zero-order chi connectivity index (χ0) is 14.7. The quantitative estimate of drug-likeness (QED) is 0.726. The molecule has 1 aromatic carbocycles. The lowest BCUT2D eigenvalue weighted by Crippen LogP contribution is -2.45. The molecule has 4 N–H and O–H groups in total. The molecule has 1 aliphatic heterocycles. The van der Waals surface area contributed by atoms with Crippen LogP contribution in [-0.2, 0) is 4.79 Å². The predicted molar refractivity (Wildman–Crippen MR) is 80.4 cm³/mol. The number of benzene rings is 1. The number of nitrogens with zero attached hydrogens (tertiary/aromatic N) is 1. The molecular weight excluding hydrogens is 254 g/mol. The van der Waals surface area contributed by atoms with Crippen molar-refractivity contribution in [2.45, 2.75) is 26.4 Å². The number of aryl methyl sites for hydroxylation is 1. The Morgan fingerprint density at radius 1 is 1.55 bits per heavy atom. The van der Waals surface area contributed by atoms with E-state index in [0.29, 0.717) is 24.7 Å². The van der Waals surface area contributed by atoms with Crippen LogP contribution in [0.2, 0.25) is 0 Å². The van der Waals surface area contributed by atoms with Gasteiger partial charge in [0.25, 0.3) is 0 Å². The minimum absolute atomic E-state index is 0.0559. The van der Waals surface area contributed by atoms with Gasteiger partial charge >= 0.3 is 0 Å². The molecule has 0 aromatic heterocycles. The summed E-state index contributed by atoms with van der Waals surface area (Å²) in [7, 11) is 0. The Kier molecular flexibility index (Phi) is 4.62. The van der Waals surface area contributed by atoms with Crippen LogP contribution in [0.25, 0.3) is 0 Å². The molecule has 5 nitrogen and oxygen atoms in total. The number of carbonyl (C=O) groups excluding carboxylic acids is 1. The van der Waals surface area contributed by atoms with E-state index in [4.69, 9.17) is 5.73 Å². The summed E-state index contributed by atoms with van der Waals surface area (Å²) in [5.74, 6) is 0.258. The molecule has 2 atom stereocenters. The van der Waals surface area contributed by atoms with Crippen molar-refractivity contribution in [2.75, 3.05) is 30.7 Å². The van der Waals surface area contributed by atoms with Gasteiger partial charge in [0.2, 0.25) is 5.91 Å². The normalized spacial score (nSPS) is 23.6. The van der Waals surface area contributed by atoms with Gasteiger partial charge in [-0.3, -0.25) is 9.69 Å². The van der Waals surface area contributed by atoms with Crippen LogP contribution in [0.15, 0.2) is 18.2 Å². The highest BCUT2D eigenvalue weighted by Crippen LogP contribution is 2.19. The number of rotatable bonds is 3. The molecule has 5 heteroatoms. The maximum absolute atomic E-state index is 12.0. The van der Waals surface area contributed by atoms with Gasteiger partial charge in [-0.15, -0.1) is 0 Å². The molecule has 0 radical (unpaired) electrons. The van der Waals surface area contributed by atoms with E-state index in [2.05, 4.69) is 5.32 Å². The van der Waals surface area contributed by atoms with E-state index < -0.39 is 0 Å². The van der Waals surface area contributed by atoms with E-state index in [1.54, 1.807) is 6.07 Å². The second-order valence-corrected chi connectivity index (χ2v) is 5.69. The van der Waals surface area contributed by atoms with E-state index in [9.17, 15) is 9.90 Å². The molecular formula is C15H23N3O2. The third kappa shape index (κ3) is 3.71. The second-order valence-electron chi connectivity index (χ2n) is 5.69. The molecule has 0 spiro atoms. The Morgan fingerprint density at radius 2 is 2.30 bits per heavy atom. The number of anilines is 2. The summed E-state index contributed by atoms with van der Waals surface area (Å²) in [6.07, 6.45) is 0.588. The summed E-state index contributed by atoms with van der Waals surface area (Å²) in [4.78, 5) is 14.0. The summed E-state index contributed by atoms with van der Waals surface area (Å²) in [5, 5.41) is 12.7. The van der Waals surface area contributed by atoms with Gasteiger partial charge in [-0.1, -0.05) is 6.92 Å². The van der Waals surface area contributed by atoms with Crippen molar-refractivity contribution in [1.29, 1.82) is 0 Å². The van der Waals surface area contributed by atoms with Crippen molar-refractivity contribution in [2.24, 2.45) is 5.92 Å². The number of nitrogens with two attached hydrogens (primary N) is 1. The van der Waals surface area contributed by atoms with E-state index in [0.717, 1.165) is 24.2 Å². The van der Waals surface area contributed by atoms with E-state index >= 15 is 0 Å². The number of hydrogen-bond donors (Lipinski definition) is 3. The SMILES string of the molecule is Cc1cc(N)ccc1NC(=O)CN1CCC(C)C(O)C1. The third-order valence-corrected chi connectivity index (χ3v) is 3.89. The topological polar surface area (TPSA) is 78.6 Å². The molecule has 0 aliphatic carbocycles. The standard InChI is InChI=1S/C15H23N3O2/c1-10-5-6-18(8-14(10)19)9-15(20)17-13-4-3-12(16)7-11(13)2/h3-4,7,10,14,19H,5-6,8-9,16H2,1-2H3,(H,17,20). The fraction of sp³-hybridized carbons (Fsp3) is 0.533. The van der Waals surface area contributed by atoms with Crippen molar-refractivity contribution in [1.82, 2.24) is 4.90 Å². The Labute approximate surface area is 119 Å². The van der Waals surface area contributed by atoms with Crippen LogP contribution in [0, 0.1) is 12.8 Å². The highest BCUT2D eigenvalue weighted by atomic mass is 16.3. The first-order valence-electron chi connectivity index (χ1n) is 7.02. The summed E-state index contributed by atoms with van der Waals surface area (Å²) < 4.78 is 0. The van der Waals surface area contributed by atoms with Crippen LogP contribution in [0.1, 0.15) is 18.9 Å². The first kappa shape index (κ1) is 14.8. The molecule has 1 fully saturated rings. The molecule has 1 amide bonds. The van der Waals surface area contributed by atoms with Crippen LogP contribution < -0.4 is 11.1 Å². The van der Waals surface area contributed by atoms with Crippen LogP contribution in [0.5, 0.6) is 0 Å². The van der Waals surface area contributed by atoms with Crippen molar-refractivity contribution < 1.29 is 9.90 Å². The lowest BCUT2D eigenvalue weighted by Gasteiger charge is -2.33. The first-order valence-corrected chi connectivity index (χ1v) is 7.02. The summed E-state index contributed by atoms with van der Waals surface area (Å²) in [5.41, 5.74) is 8.11. The van der Waals surface area contributed by atoms with Crippen molar-refractivity contribution in [3.8, 4) is 0 Å². The number of carbonyl (C=O) groups is 1. The molecule has 1 aromatic rings. The monoisotopic (exact) mass is 277 g/mol. The Hall–Kier alpha value is -1.59. The van der Waals surface area contributed by atoms with Gasteiger partial charge in [0.15, 0.2) is 0 Å². The van der Waals surface area contributed by atoms with Gasteiger partial charge in [-0.05, 0) is 49.6 Å². The summed E-state index contributed by atoms with van der Waals surface area (Å²) >= 11 is 0. The third-order valence-electron chi connectivity index (χ3n) is 3.89. The molecule has 2 unspecified atom stereocenters. The number of hydrogen-bond acceptors (Lipinski definition) is 4. The molecule has 0 saturated carbocycles. The fourth-order valence-corrected chi connectivity index (χ4v) is 2.48. The van der Waals surface area contributed by atoms with Gasteiger partial charge in [0, 0.05) is 17.9 Å². The number of piperidine rings is 1. The highest BCUT2D eigenvalue weighted by Gasteiger charge is 2.25. The molecule has 1 aliphatic rings. The Balaban J connectivity index is 1.89. The van der Waals surface area contributed by atoms with Crippen molar-refractivity contribution >= 4 is 17.3 Å². The molecule has 1 saturated heterocycles. The minimum Gasteiger partial charge on any atom is -0.399 e. The van der Waals surface area contributed by atoms with Crippen LogP contribution in [0.4, 0.5) is 11.4 Å². The number of amides is 1. The van der Waals surface area contributed by atoms with Gasteiger partial charge in [0.05, 0.1) is 12.6 Å². The number of β-amino-alcohol motifs (C(OH)–C–C–N with tert-alkyl or cyclic N) is 1. The Morgan fingerprint density at radius 3 is 2.95 bits per heavy atom. The van der Waals surface area contributed by atoms with Crippen LogP contribution in [-0.4, -0.2) is 41.7 Å². The number of nitrogens with one attached hydrogen (secondary N) is 1. The molecule has 0 bridgehead atoms. The molecule has 1 heterocycles. The summed E-state index contributed by atoms with van der Waals surface area (Å²) in [6, 6.07) is 5.42. The maximum atomic E-state index is 12.0. The fourth-order valence-electron chi connectivity index (χ4n) is 2.48. The smallest absolute Gasteiger partial charge is 0.238 e. The lowest BCUT2D eigenvalue weighted by molar-refractivity contribution is -0.118. The maximum Gasteiger partial charge on any atom is 0.238 e.